The Balaban J connectivity index is -0.0000000133. The maximum absolute atomic E-state index is 8.55. The van der Waals surface area contributed by atoms with Crippen molar-refractivity contribution in [2.24, 2.45) is 0 Å². The van der Waals surface area contributed by atoms with E-state index >= 15 is 0 Å². The summed E-state index contributed by atoms with van der Waals surface area (Å²) in [7, 11) is -5.39. The Bertz CT molecular complexity index is 63.1. The van der Waals surface area contributed by atoms with Crippen molar-refractivity contribution < 1.29 is 103 Å². The summed E-state index contributed by atoms with van der Waals surface area (Å²) in [6.07, 6.45) is 0. The first-order valence-electron chi connectivity index (χ1n) is 0.730. The van der Waals surface area contributed by atoms with Gasteiger partial charge in [0, 0.05) is 0 Å². The topological polar surface area (TPSA) is 116 Å². The van der Waals surface area contributed by atoms with Crippen LogP contribution in [-0.4, -0.2) is 5.48 Å². The molecule has 0 aromatic rings. The zero-order valence-electron chi connectivity index (χ0n) is 4.33. The van der Waals surface area contributed by atoms with Gasteiger partial charge in [0.25, 0.3) is 0 Å². The maximum Gasteiger partial charge on any atom is 4.00 e. The molecule has 0 aromatic carbocycles. The van der Waals surface area contributed by atoms with E-state index in [1.807, 2.05) is 0 Å². The summed E-state index contributed by atoms with van der Waals surface area (Å²) >= 11 is 0. The average molecular weight is 334 g/mol. The molecule has 0 atom stereocenters. The minimum atomic E-state index is -5.39. The molecule has 0 aliphatic heterocycles. The molecule has 0 unspecified atom stereocenters. The van der Waals surface area contributed by atoms with Crippen LogP contribution in [0.15, 0.2) is 0 Å². The minimum Gasteiger partial charge on any atom is -0.870 e. The van der Waals surface area contributed by atoms with Crippen molar-refractivity contribution in [3.63, 3.8) is 0 Å². The van der Waals surface area contributed by atoms with Crippen LogP contribution in [0.2, 0.25) is 0 Å². The van der Waals surface area contributed by atoms with Gasteiger partial charge in [-0.3, -0.25) is 0 Å². The Morgan fingerprint density at radius 2 is 1.11 bits per heavy atom. The molecule has 5 nitrogen and oxygen atoms in total. The second-order valence-corrected chi connectivity index (χ2v) is 1.34. The molecule has 0 saturated heterocycles. The van der Waals surface area contributed by atoms with Gasteiger partial charge >= 0.3 is 78.1 Å². The van der Waals surface area contributed by atoms with Crippen LogP contribution in [-0.2, 0) is 53.1 Å². The second-order valence-electron chi connectivity index (χ2n) is 0.447. The van der Waals surface area contributed by atoms with Crippen molar-refractivity contribution in [3.05, 3.63) is 0 Å². The summed E-state index contributed by atoms with van der Waals surface area (Å²) in [5.74, 6) is 0. The Kier molecular flexibility index (Phi) is 44.1. The molecule has 50 valence electrons. The van der Waals surface area contributed by atoms with Gasteiger partial charge in [0.1, 0.15) is 0 Å². The first kappa shape index (κ1) is 29.8. The molecule has 0 aromatic heterocycles. The number of rotatable bonds is 0. The van der Waals surface area contributed by atoms with Crippen molar-refractivity contribution in [2.75, 3.05) is 0 Å². The number of hydrogen-bond acceptors (Lipinski definition) is 5. The van der Waals surface area contributed by atoms with Crippen LogP contribution in [0.5, 0.6) is 0 Å². The predicted molar refractivity (Wildman–Crippen MR) is 9.54 cm³/mol. The number of phosphoric acid groups is 1. The molecule has 0 rings (SSSR count). The van der Waals surface area contributed by atoms with Crippen LogP contribution >= 0.6 is 7.82 Å². The molecular formula is HAgNaO5PZr+2. The van der Waals surface area contributed by atoms with Crippen molar-refractivity contribution in [1.82, 2.24) is 0 Å². The monoisotopic (exact) mass is 332 g/mol. The zero-order valence-corrected chi connectivity index (χ0v) is 11.2. The van der Waals surface area contributed by atoms with Crippen LogP contribution in [0, 0.1) is 0 Å². The number of hydrogen-bond donors (Lipinski definition) is 0. The molecule has 0 aliphatic rings. The van der Waals surface area contributed by atoms with Gasteiger partial charge in [0.15, 0.2) is 0 Å². The fourth-order valence-electron chi connectivity index (χ4n) is 0. The first-order valence-corrected chi connectivity index (χ1v) is 2.19. The quantitative estimate of drug-likeness (QED) is 0.323. The van der Waals surface area contributed by atoms with Crippen LogP contribution in [0.4, 0.5) is 0 Å². The molecule has 0 aliphatic carbocycles. The second kappa shape index (κ2) is 13.3. The minimum absolute atomic E-state index is 0. The molecule has 0 amide bonds. The van der Waals surface area contributed by atoms with Crippen LogP contribution < -0.4 is 44.2 Å². The van der Waals surface area contributed by atoms with Crippen molar-refractivity contribution in [1.29, 1.82) is 0 Å². The molecule has 9 heteroatoms. The van der Waals surface area contributed by atoms with Gasteiger partial charge in [0.2, 0.25) is 0 Å². The zero-order chi connectivity index (χ0) is 4.50. The van der Waals surface area contributed by atoms with Gasteiger partial charge in [-0.25, -0.2) is 0 Å². The normalized spacial score (nSPS) is 6.56. The molecular weight excluding hydrogens is 333 g/mol. The van der Waals surface area contributed by atoms with E-state index < -0.39 is 7.82 Å². The Morgan fingerprint density at radius 3 is 1.11 bits per heavy atom. The SMILES string of the molecule is O=P([O-])([O-])[O-].[Ag+].[Na+].[OH-].[Zr+4]. The van der Waals surface area contributed by atoms with Crippen molar-refractivity contribution >= 4 is 7.82 Å². The third kappa shape index (κ3) is 111. The Labute approximate surface area is 109 Å². The van der Waals surface area contributed by atoms with Gasteiger partial charge in [-0.05, 0) is 0 Å². The first-order chi connectivity index (χ1) is 2.00. The fourth-order valence-corrected chi connectivity index (χ4v) is 0. The summed E-state index contributed by atoms with van der Waals surface area (Å²) in [4.78, 5) is 25.6. The summed E-state index contributed by atoms with van der Waals surface area (Å²) in [5, 5.41) is 0. The van der Waals surface area contributed by atoms with E-state index in [0.29, 0.717) is 0 Å². The Morgan fingerprint density at radius 1 is 1.11 bits per heavy atom. The van der Waals surface area contributed by atoms with E-state index in [1.54, 1.807) is 0 Å². The van der Waals surface area contributed by atoms with E-state index in [2.05, 4.69) is 0 Å². The van der Waals surface area contributed by atoms with E-state index in [4.69, 9.17) is 19.2 Å². The molecule has 0 radical (unpaired) electrons. The molecule has 0 fully saturated rings. The molecule has 9 heavy (non-hydrogen) atoms. The van der Waals surface area contributed by atoms with Gasteiger partial charge < -0.3 is 24.7 Å². The average Bonchev–Trinajstić information content (AvgIpc) is 0.722. The fraction of sp³-hybridized carbons (Fsp3) is 0. The molecule has 0 saturated carbocycles. The van der Waals surface area contributed by atoms with Crippen LogP contribution in [0.25, 0.3) is 0 Å². The summed E-state index contributed by atoms with van der Waals surface area (Å²) < 4.78 is 8.55. The van der Waals surface area contributed by atoms with E-state index in [9.17, 15) is 0 Å². The molecule has 0 bridgehead atoms. The van der Waals surface area contributed by atoms with Gasteiger partial charge in [0.05, 0.1) is 0 Å². The maximum atomic E-state index is 8.55. The molecule has 1 N–H and O–H groups in total. The summed E-state index contributed by atoms with van der Waals surface area (Å²) in [6, 6.07) is 0. The van der Waals surface area contributed by atoms with E-state index in [0.717, 1.165) is 0 Å². The van der Waals surface area contributed by atoms with Crippen LogP contribution in [0.3, 0.4) is 0 Å². The van der Waals surface area contributed by atoms with E-state index in [1.165, 1.54) is 0 Å². The van der Waals surface area contributed by atoms with Gasteiger partial charge in [-0.2, -0.15) is 7.82 Å². The third-order valence-corrected chi connectivity index (χ3v) is 0. The van der Waals surface area contributed by atoms with Gasteiger partial charge in [-0.15, -0.1) is 0 Å². The third-order valence-electron chi connectivity index (χ3n) is 0. The standard InChI is InChI=1S/Ag.Na.H3O4P.H2O.Zr/c;;1-5(2,3)4;;/h;;(H3,1,2,3,4);1H2;/q2*+1;;;+4/p-4. The van der Waals surface area contributed by atoms with E-state index in [-0.39, 0.29) is 83.6 Å². The summed E-state index contributed by atoms with van der Waals surface area (Å²) in [5.41, 5.74) is 0. The van der Waals surface area contributed by atoms with Crippen LogP contribution in [0.1, 0.15) is 0 Å². The smallest absolute Gasteiger partial charge is 0.870 e. The largest absolute Gasteiger partial charge is 4.00 e. The molecule has 0 heterocycles. The molecule has 0 spiro atoms. The van der Waals surface area contributed by atoms with Crippen molar-refractivity contribution in [3.8, 4) is 0 Å². The van der Waals surface area contributed by atoms with Gasteiger partial charge in [-0.1, -0.05) is 0 Å². The Hall–Kier alpha value is 2.69. The summed E-state index contributed by atoms with van der Waals surface area (Å²) in [6.45, 7) is 0. The predicted octanol–water partition coefficient (Wildman–Crippen LogP) is -6.00. The van der Waals surface area contributed by atoms with Crippen molar-refractivity contribution in [2.45, 2.75) is 0 Å².